The summed E-state index contributed by atoms with van der Waals surface area (Å²) in [6, 6.07) is 5.50. The standard InChI is InChI=1S/C28H45FN2O3SSi/c1-17(2)36(18(3)4,19(5)6)26-30-23-12-10-11-22(25(23)35-26)24(32)16-21-15-20(29)13-14-31(21)27(33)34-28(7,8)9/h10-12,17-21,24,32H,13-16H2,1-9H3/t20-,21-,24+/m0/s1. The van der Waals surface area contributed by atoms with Crippen LogP contribution in [-0.4, -0.2) is 53.5 Å². The molecule has 2 heterocycles. The molecule has 0 aliphatic carbocycles. The Labute approximate surface area is 221 Å². The lowest BCUT2D eigenvalue weighted by atomic mass is 9.93. The average Bonchev–Trinajstić information content (AvgIpc) is 3.16. The lowest BCUT2D eigenvalue weighted by molar-refractivity contribution is -0.00656. The summed E-state index contributed by atoms with van der Waals surface area (Å²) in [5.41, 5.74) is 2.73. The van der Waals surface area contributed by atoms with Gasteiger partial charge in [-0.15, -0.1) is 11.3 Å². The molecule has 36 heavy (non-hydrogen) atoms. The van der Waals surface area contributed by atoms with Gasteiger partial charge in [-0.25, -0.2) is 14.2 Å². The maximum Gasteiger partial charge on any atom is 0.410 e. The zero-order chi connectivity index (χ0) is 27.0. The van der Waals surface area contributed by atoms with Crippen molar-refractivity contribution < 1.29 is 19.0 Å². The van der Waals surface area contributed by atoms with E-state index in [4.69, 9.17) is 9.72 Å². The minimum Gasteiger partial charge on any atom is -0.444 e. The summed E-state index contributed by atoms with van der Waals surface area (Å²) in [6.07, 6.45) is -1.47. The lowest BCUT2D eigenvalue weighted by Gasteiger charge is -2.41. The molecule has 8 heteroatoms. The Kier molecular flexibility index (Phi) is 8.94. The predicted molar refractivity (Wildman–Crippen MR) is 151 cm³/mol. The Morgan fingerprint density at radius 3 is 2.36 bits per heavy atom. The quantitative estimate of drug-likeness (QED) is 0.376. The molecule has 1 aromatic carbocycles. The second-order valence-corrected chi connectivity index (χ2v) is 19.5. The summed E-state index contributed by atoms with van der Waals surface area (Å²) in [7, 11) is -1.94. The van der Waals surface area contributed by atoms with Gasteiger partial charge in [0.05, 0.1) is 21.0 Å². The van der Waals surface area contributed by atoms with Crippen LogP contribution in [0.1, 0.15) is 93.2 Å². The van der Waals surface area contributed by atoms with Crippen LogP contribution in [0.2, 0.25) is 16.6 Å². The number of nitrogens with zero attached hydrogens (tertiary/aromatic N) is 2. The van der Waals surface area contributed by atoms with Gasteiger partial charge in [0.15, 0.2) is 0 Å². The molecule has 1 N–H and O–H groups in total. The van der Waals surface area contributed by atoms with E-state index in [0.29, 0.717) is 29.6 Å². The number of alkyl halides is 1. The number of halogens is 1. The molecule has 0 saturated carbocycles. The van der Waals surface area contributed by atoms with E-state index in [1.165, 1.54) is 4.63 Å². The van der Waals surface area contributed by atoms with Gasteiger partial charge >= 0.3 is 6.09 Å². The Morgan fingerprint density at radius 2 is 1.81 bits per heavy atom. The van der Waals surface area contributed by atoms with Crippen LogP contribution < -0.4 is 4.63 Å². The minimum absolute atomic E-state index is 0.213. The largest absolute Gasteiger partial charge is 0.444 e. The van der Waals surface area contributed by atoms with Gasteiger partial charge in [0, 0.05) is 12.6 Å². The molecule has 5 nitrogen and oxygen atoms in total. The number of benzene rings is 1. The van der Waals surface area contributed by atoms with Gasteiger partial charge in [-0.3, -0.25) is 0 Å². The summed E-state index contributed by atoms with van der Waals surface area (Å²) >= 11 is 1.73. The Hall–Kier alpha value is -1.51. The zero-order valence-corrected chi connectivity index (χ0v) is 25.3. The molecule has 0 radical (unpaired) electrons. The number of likely N-dealkylation sites (tertiary alicyclic amines) is 1. The lowest BCUT2D eigenvalue weighted by Crippen LogP contribution is -2.55. The van der Waals surface area contributed by atoms with Gasteiger partial charge in [0.1, 0.15) is 19.8 Å². The molecule has 202 valence electrons. The predicted octanol–water partition coefficient (Wildman–Crippen LogP) is 7.34. The number of aromatic nitrogens is 1. The van der Waals surface area contributed by atoms with Crippen LogP contribution in [0.25, 0.3) is 10.2 Å². The molecule has 3 atom stereocenters. The molecule has 1 amide bonds. The molecule has 0 bridgehead atoms. The van der Waals surface area contributed by atoms with Crippen molar-refractivity contribution in [3.8, 4) is 0 Å². The third-order valence-corrected chi connectivity index (χ3v) is 16.7. The molecule has 0 spiro atoms. The zero-order valence-electron chi connectivity index (χ0n) is 23.5. The van der Waals surface area contributed by atoms with Gasteiger partial charge < -0.3 is 14.7 Å². The van der Waals surface area contributed by atoms with E-state index in [-0.39, 0.29) is 12.8 Å². The Bertz CT molecular complexity index is 1030. The van der Waals surface area contributed by atoms with Crippen LogP contribution >= 0.6 is 11.3 Å². The first-order valence-electron chi connectivity index (χ1n) is 13.4. The van der Waals surface area contributed by atoms with Gasteiger partial charge in [-0.2, -0.15) is 0 Å². The highest BCUT2D eigenvalue weighted by molar-refractivity contribution is 7.31. The van der Waals surface area contributed by atoms with Crippen molar-refractivity contribution in [2.45, 2.75) is 122 Å². The first-order chi connectivity index (χ1) is 16.7. The summed E-state index contributed by atoms with van der Waals surface area (Å²) in [5, 5.41) is 11.4. The summed E-state index contributed by atoms with van der Waals surface area (Å²) < 4.78 is 22.3. The highest BCUT2D eigenvalue weighted by atomic mass is 32.1. The first-order valence-corrected chi connectivity index (χ1v) is 16.4. The molecule has 3 rings (SSSR count). The summed E-state index contributed by atoms with van der Waals surface area (Å²) in [6.45, 7) is 19.8. The number of rotatable bonds is 7. The number of aliphatic hydroxyl groups is 1. The van der Waals surface area contributed by atoms with Gasteiger partial charge in [0.2, 0.25) is 0 Å². The molecule has 1 aliphatic rings. The van der Waals surface area contributed by atoms with Crippen molar-refractivity contribution in [1.29, 1.82) is 0 Å². The molecule has 1 saturated heterocycles. The minimum atomic E-state index is -1.94. The van der Waals surface area contributed by atoms with E-state index in [1.54, 1.807) is 16.2 Å². The monoisotopic (exact) mass is 536 g/mol. The maximum atomic E-state index is 14.4. The third kappa shape index (κ3) is 5.81. The average molecular weight is 537 g/mol. The van der Waals surface area contributed by atoms with Crippen LogP contribution in [-0.2, 0) is 4.74 Å². The number of amides is 1. The van der Waals surface area contributed by atoms with Crippen LogP contribution in [0.4, 0.5) is 9.18 Å². The number of aliphatic hydroxyl groups excluding tert-OH is 1. The molecule has 1 aromatic heterocycles. The number of carbonyl (C=O) groups is 1. The second-order valence-electron chi connectivity index (χ2n) is 12.3. The van der Waals surface area contributed by atoms with Gasteiger partial charge in [0.25, 0.3) is 0 Å². The van der Waals surface area contributed by atoms with E-state index in [9.17, 15) is 14.3 Å². The third-order valence-electron chi connectivity index (χ3n) is 7.82. The fourth-order valence-electron chi connectivity index (χ4n) is 6.33. The number of carbonyl (C=O) groups excluding carboxylic acids is 1. The maximum absolute atomic E-state index is 14.4. The molecule has 1 fully saturated rings. The second kappa shape index (κ2) is 11.1. The fourth-order valence-corrected chi connectivity index (χ4v) is 16.1. The van der Waals surface area contributed by atoms with Crippen LogP contribution in [0.3, 0.4) is 0 Å². The van der Waals surface area contributed by atoms with E-state index >= 15 is 0 Å². The normalized spacial score (nSPS) is 20.6. The molecule has 1 aliphatic heterocycles. The van der Waals surface area contributed by atoms with E-state index < -0.39 is 38.1 Å². The molecular weight excluding hydrogens is 491 g/mol. The van der Waals surface area contributed by atoms with Crippen molar-refractivity contribution in [2.24, 2.45) is 0 Å². The van der Waals surface area contributed by atoms with E-state index in [0.717, 1.165) is 15.8 Å². The van der Waals surface area contributed by atoms with Crippen LogP contribution in [0.15, 0.2) is 18.2 Å². The number of fused-ring (bicyclic) bond motifs is 1. The molecule has 2 aromatic rings. The highest BCUT2D eigenvalue weighted by Gasteiger charge is 2.47. The number of hydrogen-bond donors (Lipinski definition) is 1. The van der Waals surface area contributed by atoms with Crippen molar-refractivity contribution >= 4 is 40.4 Å². The van der Waals surface area contributed by atoms with Crippen LogP contribution in [0.5, 0.6) is 0 Å². The summed E-state index contributed by atoms with van der Waals surface area (Å²) in [5.74, 6) is 0. The van der Waals surface area contributed by atoms with Crippen molar-refractivity contribution in [3.63, 3.8) is 0 Å². The smallest absolute Gasteiger partial charge is 0.410 e. The fraction of sp³-hybridized carbons (Fsp3) is 0.714. The van der Waals surface area contributed by atoms with E-state index in [1.807, 2.05) is 39.0 Å². The number of hydrogen-bond acceptors (Lipinski definition) is 5. The van der Waals surface area contributed by atoms with Gasteiger partial charge in [-0.1, -0.05) is 53.7 Å². The van der Waals surface area contributed by atoms with Crippen molar-refractivity contribution in [2.75, 3.05) is 6.54 Å². The van der Waals surface area contributed by atoms with Crippen molar-refractivity contribution in [3.05, 3.63) is 23.8 Å². The number of piperidine rings is 1. The molecular formula is C28H45FN2O3SSi. The highest BCUT2D eigenvalue weighted by Crippen LogP contribution is 2.43. The van der Waals surface area contributed by atoms with E-state index in [2.05, 4.69) is 41.5 Å². The van der Waals surface area contributed by atoms with Crippen molar-refractivity contribution in [1.82, 2.24) is 9.88 Å². The number of thiazole rings is 1. The Morgan fingerprint density at radius 1 is 1.19 bits per heavy atom. The number of ether oxygens (including phenoxy) is 1. The topological polar surface area (TPSA) is 62.7 Å². The van der Waals surface area contributed by atoms with Crippen LogP contribution in [0, 0.1) is 0 Å². The summed E-state index contributed by atoms with van der Waals surface area (Å²) in [4.78, 5) is 19.6. The SMILES string of the molecule is CC(C)[Si](c1nc2cccc([C@H](O)C[C@@H]3C[C@@H](F)CCN3C(=O)OC(C)(C)C)c2s1)(C(C)C)C(C)C. The molecule has 0 unspecified atom stereocenters. The Balaban J connectivity index is 1.96. The first kappa shape index (κ1) is 29.0. The van der Waals surface area contributed by atoms with Gasteiger partial charge in [-0.05, 0) is 68.3 Å².